The third-order valence-corrected chi connectivity index (χ3v) is 4.18. The normalized spacial score (nSPS) is 11.0. The zero-order valence-corrected chi connectivity index (χ0v) is 13.2. The lowest BCUT2D eigenvalue weighted by atomic mass is 10.0. The number of aromatic nitrogens is 2. The van der Waals surface area contributed by atoms with E-state index in [1.165, 1.54) is 0 Å². The van der Waals surface area contributed by atoms with E-state index in [-0.39, 0.29) is 5.75 Å². The first-order chi connectivity index (χ1) is 11.7. The highest BCUT2D eigenvalue weighted by atomic mass is 16.5. The summed E-state index contributed by atoms with van der Waals surface area (Å²) in [5, 5.41) is 13.0. The van der Waals surface area contributed by atoms with Gasteiger partial charge in [0, 0.05) is 35.8 Å². The van der Waals surface area contributed by atoms with Gasteiger partial charge in [-0.1, -0.05) is 18.2 Å². The van der Waals surface area contributed by atoms with Crippen molar-refractivity contribution >= 4 is 21.7 Å². The third-order valence-electron chi connectivity index (χ3n) is 4.18. The van der Waals surface area contributed by atoms with E-state index in [2.05, 4.69) is 22.1 Å². The van der Waals surface area contributed by atoms with Gasteiger partial charge in [-0.2, -0.15) is 0 Å². The second-order valence-corrected chi connectivity index (χ2v) is 5.76. The molecule has 24 heavy (non-hydrogen) atoms. The topological polar surface area (TPSA) is 55.2 Å². The number of nitrogens with zero attached hydrogens (tertiary/aromatic N) is 2. The molecule has 4 nitrogen and oxygen atoms in total. The van der Waals surface area contributed by atoms with Gasteiger partial charge in [-0.3, -0.25) is 9.97 Å². The highest BCUT2D eigenvalue weighted by Gasteiger charge is 2.09. The molecule has 2 heterocycles. The molecule has 4 rings (SSSR count). The van der Waals surface area contributed by atoms with Gasteiger partial charge >= 0.3 is 0 Å². The number of pyridine rings is 2. The molecule has 0 fully saturated rings. The lowest BCUT2D eigenvalue weighted by Crippen LogP contribution is -1.94. The fourth-order valence-corrected chi connectivity index (χ4v) is 2.98. The summed E-state index contributed by atoms with van der Waals surface area (Å²) in [6, 6.07) is 13.8. The van der Waals surface area contributed by atoms with Crippen LogP contribution in [0.2, 0.25) is 0 Å². The minimum atomic E-state index is 0.122. The van der Waals surface area contributed by atoms with E-state index in [9.17, 15) is 5.11 Å². The van der Waals surface area contributed by atoms with Crippen molar-refractivity contribution in [1.29, 1.82) is 0 Å². The molecule has 0 aliphatic rings. The molecule has 0 saturated heterocycles. The van der Waals surface area contributed by atoms with E-state index in [0.29, 0.717) is 5.75 Å². The molecule has 0 unspecified atom stereocenters. The summed E-state index contributed by atoms with van der Waals surface area (Å²) in [6.07, 6.45) is 6.22. The quantitative estimate of drug-likeness (QED) is 0.618. The van der Waals surface area contributed by atoms with Crippen molar-refractivity contribution in [2.75, 3.05) is 7.11 Å². The van der Waals surface area contributed by atoms with Gasteiger partial charge in [0.25, 0.3) is 0 Å². The molecule has 0 radical (unpaired) electrons. The highest BCUT2D eigenvalue weighted by Crippen LogP contribution is 2.33. The molecule has 2 aromatic heterocycles. The number of aromatic hydroxyl groups is 1. The first kappa shape index (κ1) is 14.5. The third kappa shape index (κ3) is 2.52. The highest BCUT2D eigenvalue weighted by molar-refractivity contribution is 5.88. The van der Waals surface area contributed by atoms with E-state index < -0.39 is 0 Å². The molecule has 0 atom stereocenters. The van der Waals surface area contributed by atoms with Crippen molar-refractivity contribution in [2.45, 2.75) is 6.42 Å². The fourth-order valence-electron chi connectivity index (χ4n) is 2.98. The number of fused-ring (bicyclic) bond motifs is 2. The molecule has 0 saturated carbocycles. The SMILES string of the molecule is COc1cc2c(Cc3cnc4ccccc4c3)cncc2cc1O. The van der Waals surface area contributed by atoms with Crippen molar-refractivity contribution in [3.05, 3.63) is 72.2 Å². The Morgan fingerprint density at radius 2 is 1.88 bits per heavy atom. The second kappa shape index (κ2) is 5.81. The van der Waals surface area contributed by atoms with Crippen molar-refractivity contribution in [3.8, 4) is 11.5 Å². The van der Waals surface area contributed by atoms with Crippen LogP contribution in [-0.2, 0) is 6.42 Å². The minimum absolute atomic E-state index is 0.122. The number of hydrogen-bond donors (Lipinski definition) is 1. The molecular formula is C20H16N2O2. The summed E-state index contributed by atoms with van der Waals surface area (Å²) in [7, 11) is 1.55. The first-order valence-corrected chi connectivity index (χ1v) is 7.72. The Kier molecular flexibility index (Phi) is 3.50. The largest absolute Gasteiger partial charge is 0.504 e. The van der Waals surface area contributed by atoms with Gasteiger partial charge in [-0.05, 0) is 40.8 Å². The number of benzene rings is 2. The summed E-state index contributed by atoms with van der Waals surface area (Å²) < 4.78 is 5.23. The zero-order chi connectivity index (χ0) is 16.5. The van der Waals surface area contributed by atoms with Gasteiger partial charge in [0.15, 0.2) is 11.5 Å². The maximum Gasteiger partial charge on any atom is 0.161 e. The van der Waals surface area contributed by atoms with Crippen LogP contribution in [0.3, 0.4) is 0 Å². The summed E-state index contributed by atoms with van der Waals surface area (Å²) >= 11 is 0. The number of rotatable bonds is 3. The number of ether oxygens (including phenoxy) is 1. The Balaban J connectivity index is 1.80. The number of para-hydroxylation sites is 1. The van der Waals surface area contributed by atoms with Crippen molar-refractivity contribution in [1.82, 2.24) is 9.97 Å². The van der Waals surface area contributed by atoms with Gasteiger partial charge in [0.05, 0.1) is 12.6 Å². The second-order valence-electron chi connectivity index (χ2n) is 5.76. The predicted octanol–water partition coefficient (Wildman–Crippen LogP) is 4.09. The lowest BCUT2D eigenvalue weighted by molar-refractivity contribution is 0.374. The van der Waals surface area contributed by atoms with Gasteiger partial charge in [0.1, 0.15) is 0 Å². The van der Waals surface area contributed by atoms with Crippen LogP contribution in [0, 0.1) is 0 Å². The van der Waals surface area contributed by atoms with Gasteiger partial charge in [-0.25, -0.2) is 0 Å². The monoisotopic (exact) mass is 316 g/mol. The van der Waals surface area contributed by atoms with Gasteiger partial charge in [0.2, 0.25) is 0 Å². The molecule has 4 aromatic rings. The van der Waals surface area contributed by atoms with Crippen LogP contribution in [0.15, 0.2) is 61.1 Å². The van der Waals surface area contributed by atoms with Crippen LogP contribution < -0.4 is 4.74 Å². The Morgan fingerprint density at radius 3 is 2.75 bits per heavy atom. The van der Waals surface area contributed by atoms with Crippen LogP contribution in [0.4, 0.5) is 0 Å². The average Bonchev–Trinajstić information content (AvgIpc) is 2.61. The van der Waals surface area contributed by atoms with Crippen molar-refractivity contribution in [2.24, 2.45) is 0 Å². The molecule has 0 amide bonds. The number of phenols is 1. The van der Waals surface area contributed by atoms with Crippen molar-refractivity contribution in [3.63, 3.8) is 0 Å². The standard InChI is InChI=1S/C20H16N2O2/c1-24-20-9-17-15(11-21-12-16(17)8-19(20)23)7-13-6-14-4-2-3-5-18(14)22-10-13/h2-6,8-12,23H,7H2,1H3. The summed E-state index contributed by atoms with van der Waals surface area (Å²) in [4.78, 5) is 8.82. The summed E-state index contributed by atoms with van der Waals surface area (Å²) in [5.41, 5.74) is 3.18. The fraction of sp³-hybridized carbons (Fsp3) is 0.100. The van der Waals surface area contributed by atoms with E-state index in [1.807, 2.05) is 36.7 Å². The van der Waals surface area contributed by atoms with Crippen LogP contribution in [-0.4, -0.2) is 22.2 Å². The van der Waals surface area contributed by atoms with E-state index in [0.717, 1.165) is 39.2 Å². The minimum Gasteiger partial charge on any atom is -0.504 e. The number of phenolic OH excluding ortho intramolecular Hbond substituents is 1. The Bertz CT molecular complexity index is 1040. The first-order valence-electron chi connectivity index (χ1n) is 7.72. The Morgan fingerprint density at radius 1 is 1.00 bits per heavy atom. The van der Waals surface area contributed by atoms with Gasteiger partial charge in [-0.15, -0.1) is 0 Å². The summed E-state index contributed by atoms with van der Waals surface area (Å²) in [5.74, 6) is 0.586. The molecule has 0 aliphatic carbocycles. The average molecular weight is 316 g/mol. The maximum absolute atomic E-state index is 9.94. The zero-order valence-electron chi connectivity index (χ0n) is 13.2. The lowest BCUT2D eigenvalue weighted by Gasteiger charge is -2.10. The molecule has 2 aromatic carbocycles. The Hall–Kier alpha value is -3.14. The Labute approximate surface area is 139 Å². The molecule has 118 valence electrons. The van der Waals surface area contributed by atoms with E-state index in [4.69, 9.17) is 4.74 Å². The molecule has 1 N–H and O–H groups in total. The smallest absolute Gasteiger partial charge is 0.161 e. The molecule has 4 heteroatoms. The number of hydrogen-bond acceptors (Lipinski definition) is 4. The van der Waals surface area contributed by atoms with Gasteiger partial charge < -0.3 is 9.84 Å². The molecule has 0 spiro atoms. The van der Waals surface area contributed by atoms with Crippen molar-refractivity contribution < 1.29 is 9.84 Å². The molecule has 0 bridgehead atoms. The molecule has 0 aliphatic heterocycles. The van der Waals surface area contributed by atoms with E-state index in [1.54, 1.807) is 19.4 Å². The van der Waals surface area contributed by atoms with Crippen LogP contribution in [0.25, 0.3) is 21.7 Å². The predicted molar refractivity (Wildman–Crippen MR) is 94.5 cm³/mol. The number of methoxy groups -OCH3 is 1. The van der Waals surface area contributed by atoms with E-state index >= 15 is 0 Å². The maximum atomic E-state index is 9.94. The van der Waals surface area contributed by atoms with Crippen LogP contribution in [0.5, 0.6) is 11.5 Å². The summed E-state index contributed by atoms with van der Waals surface area (Å²) in [6.45, 7) is 0. The van der Waals surface area contributed by atoms with Crippen LogP contribution >= 0.6 is 0 Å². The van der Waals surface area contributed by atoms with Crippen LogP contribution in [0.1, 0.15) is 11.1 Å². The molecular weight excluding hydrogens is 300 g/mol.